The van der Waals surface area contributed by atoms with Crippen molar-refractivity contribution in [1.82, 2.24) is 0 Å². The van der Waals surface area contributed by atoms with Crippen LogP contribution in [0.4, 0.5) is 5.69 Å². The molecule has 0 aliphatic carbocycles. The Morgan fingerprint density at radius 1 is 1.60 bits per heavy atom. The van der Waals surface area contributed by atoms with Crippen molar-refractivity contribution in [3.63, 3.8) is 0 Å². The summed E-state index contributed by atoms with van der Waals surface area (Å²) in [6.45, 7) is 3.31. The van der Waals surface area contributed by atoms with Crippen molar-refractivity contribution in [3.05, 3.63) is 23.8 Å². The number of hydrogen-bond acceptors (Lipinski definition) is 3. The van der Waals surface area contributed by atoms with Crippen LogP contribution >= 0.6 is 0 Å². The first-order valence-corrected chi connectivity index (χ1v) is 4.51. The molecule has 0 aliphatic heterocycles. The Bertz CT molecular complexity index is 408. The van der Waals surface area contributed by atoms with Crippen molar-refractivity contribution in [1.29, 1.82) is 5.26 Å². The first-order chi connectivity index (χ1) is 7.13. The van der Waals surface area contributed by atoms with Crippen LogP contribution in [0.3, 0.4) is 0 Å². The minimum absolute atomic E-state index is 0.0321. The molecule has 0 unspecified atom stereocenters. The highest BCUT2D eigenvalue weighted by molar-refractivity contribution is 5.90. The molecule has 0 aromatic heterocycles. The minimum atomic E-state index is -0.164. The summed E-state index contributed by atoms with van der Waals surface area (Å²) in [6.07, 6.45) is 0. The lowest BCUT2D eigenvalue weighted by Crippen LogP contribution is -2.08. The first-order valence-electron chi connectivity index (χ1n) is 4.51. The molecule has 0 bridgehead atoms. The number of carbonyl (C=O) groups excluding carboxylic acids is 1. The van der Waals surface area contributed by atoms with Crippen LogP contribution in [0.2, 0.25) is 0 Å². The van der Waals surface area contributed by atoms with E-state index in [9.17, 15) is 4.79 Å². The van der Waals surface area contributed by atoms with E-state index < -0.39 is 0 Å². The van der Waals surface area contributed by atoms with Crippen molar-refractivity contribution in [2.24, 2.45) is 0 Å². The van der Waals surface area contributed by atoms with E-state index in [0.717, 1.165) is 5.56 Å². The predicted molar refractivity (Wildman–Crippen MR) is 56.6 cm³/mol. The molecule has 1 amide bonds. The van der Waals surface area contributed by atoms with Gasteiger partial charge < -0.3 is 10.1 Å². The number of benzene rings is 1. The first kappa shape index (κ1) is 11.1. The van der Waals surface area contributed by atoms with E-state index in [2.05, 4.69) is 5.32 Å². The Labute approximate surface area is 88.5 Å². The highest BCUT2D eigenvalue weighted by Crippen LogP contribution is 2.25. The number of nitriles is 1. The zero-order chi connectivity index (χ0) is 11.3. The van der Waals surface area contributed by atoms with E-state index in [1.54, 1.807) is 12.1 Å². The Hall–Kier alpha value is -2.02. The summed E-state index contributed by atoms with van der Waals surface area (Å²) in [5.41, 5.74) is 1.61. The zero-order valence-corrected chi connectivity index (χ0v) is 8.70. The Morgan fingerprint density at radius 3 is 2.93 bits per heavy atom. The van der Waals surface area contributed by atoms with Gasteiger partial charge in [-0.15, -0.1) is 0 Å². The molecular formula is C11H12N2O2. The van der Waals surface area contributed by atoms with Gasteiger partial charge in [0, 0.05) is 6.92 Å². The van der Waals surface area contributed by atoms with E-state index in [-0.39, 0.29) is 12.5 Å². The molecule has 0 radical (unpaired) electrons. The molecule has 0 aliphatic rings. The van der Waals surface area contributed by atoms with Crippen molar-refractivity contribution in [2.45, 2.75) is 13.8 Å². The molecule has 1 aromatic rings. The van der Waals surface area contributed by atoms with Crippen molar-refractivity contribution < 1.29 is 9.53 Å². The van der Waals surface area contributed by atoms with Gasteiger partial charge >= 0.3 is 0 Å². The van der Waals surface area contributed by atoms with E-state index in [0.29, 0.717) is 11.4 Å². The van der Waals surface area contributed by atoms with Crippen molar-refractivity contribution in [3.8, 4) is 11.8 Å². The second-order valence-electron chi connectivity index (χ2n) is 3.13. The van der Waals surface area contributed by atoms with Gasteiger partial charge in [-0.2, -0.15) is 5.26 Å². The number of aryl methyl sites for hydroxylation is 1. The topological polar surface area (TPSA) is 62.1 Å². The van der Waals surface area contributed by atoms with Crippen LogP contribution < -0.4 is 10.1 Å². The van der Waals surface area contributed by atoms with Crippen molar-refractivity contribution >= 4 is 11.6 Å². The Morgan fingerprint density at radius 2 is 2.33 bits per heavy atom. The summed E-state index contributed by atoms with van der Waals surface area (Å²) < 4.78 is 5.17. The zero-order valence-electron chi connectivity index (χ0n) is 8.70. The molecular weight excluding hydrogens is 192 g/mol. The molecule has 4 heteroatoms. The predicted octanol–water partition coefficient (Wildman–Crippen LogP) is 1.86. The SMILES string of the molecule is CC(=O)Nc1cc(C)ccc1OCC#N. The van der Waals surface area contributed by atoms with E-state index in [1.807, 2.05) is 19.1 Å². The van der Waals surface area contributed by atoms with Gasteiger partial charge in [-0.25, -0.2) is 0 Å². The lowest BCUT2D eigenvalue weighted by Gasteiger charge is -2.10. The number of rotatable bonds is 3. The van der Waals surface area contributed by atoms with Crippen molar-refractivity contribution in [2.75, 3.05) is 11.9 Å². The second-order valence-corrected chi connectivity index (χ2v) is 3.13. The van der Waals surface area contributed by atoms with E-state index in [1.165, 1.54) is 6.92 Å². The molecule has 0 spiro atoms. The summed E-state index contributed by atoms with van der Waals surface area (Å²) in [4.78, 5) is 10.9. The van der Waals surface area contributed by atoms with Crippen LogP contribution in [-0.4, -0.2) is 12.5 Å². The maximum atomic E-state index is 10.9. The third-order valence-corrected chi connectivity index (χ3v) is 1.74. The third kappa shape index (κ3) is 3.31. The number of amides is 1. The minimum Gasteiger partial charge on any atom is -0.477 e. The average molecular weight is 204 g/mol. The molecule has 4 nitrogen and oxygen atoms in total. The molecule has 0 atom stereocenters. The van der Waals surface area contributed by atoms with Crippen LogP contribution in [0.5, 0.6) is 5.75 Å². The van der Waals surface area contributed by atoms with Crippen LogP contribution in [0.15, 0.2) is 18.2 Å². The fourth-order valence-electron chi connectivity index (χ4n) is 1.17. The summed E-state index contributed by atoms with van der Waals surface area (Å²) >= 11 is 0. The summed E-state index contributed by atoms with van der Waals surface area (Å²) in [6, 6.07) is 7.27. The smallest absolute Gasteiger partial charge is 0.221 e. The Kier molecular flexibility index (Phi) is 3.69. The van der Waals surface area contributed by atoms with Gasteiger partial charge in [-0.1, -0.05) is 6.07 Å². The molecule has 0 fully saturated rings. The van der Waals surface area contributed by atoms with E-state index in [4.69, 9.17) is 10.00 Å². The number of carbonyl (C=O) groups is 1. The Balaban J connectivity index is 2.93. The van der Waals surface area contributed by atoms with Crippen LogP contribution in [0.1, 0.15) is 12.5 Å². The number of nitrogens with zero attached hydrogens (tertiary/aromatic N) is 1. The summed E-state index contributed by atoms with van der Waals surface area (Å²) in [5, 5.41) is 11.0. The summed E-state index contributed by atoms with van der Waals surface area (Å²) in [5.74, 6) is 0.347. The van der Waals surface area contributed by atoms with Gasteiger partial charge in [-0.3, -0.25) is 4.79 Å². The number of hydrogen-bond donors (Lipinski definition) is 1. The third-order valence-electron chi connectivity index (χ3n) is 1.74. The van der Waals surface area contributed by atoms with Gasteiger partial charge in [0.1, 0.15) is 11.8 Å². The molecule has 15 heavy (non-hydrogen) atoms. The standard InChI is InChI=1S/C11H12N2O2/c1-8-3-4-11(15-6-5-12)10(7-8)13-9(2)14/h3-4,7H,6H2,1-2H3,(H,13,14). The molecule has 1 N–H and O–H groups in total. The lowest BCUT2D eigenvalue weighted by molar-refractivity contribution is -0.114. The fourth-order valence-corrected chi connectivity index (χ4v) is 1.17. The second kappa shape index (κ2) is 5.01. The molecule has 0 saturated heterocycles. The van der Waals surface area contributed by atoms with Gasteiger partial charge in [0.2, 0.25) is 5.91 Å². The molecule has 0 saturated carbocycles. The average Bonchev–Trinajstić information content (AvgIpc) is 2.16. The highest BCUT2D eigenvalue weighted by atomic mass is 16.5. The fraction of sp³-hybridized carbons (Fsp3) is 0.273. The quantitative estimate of drug-likeness (QED) is 0.817. The maximum Gasteiger partial charge on any atom is 0.221 e. The van der Waals surface area contributed by atoms with Gasteiger partial charge in [0.05, 0.1) is 5.69 Å². The van der Waals surface area contributed by atoms with E-state index >= 15 is 0 Å². The molecule has 0 heterocycles. The number of ether oxygens (including phenoxy) is 1. The van der Waals surface area contributed by atoms with Gasteiger partial charge in [-0.05, 0) is 24.6 Å². The van der Waals surface area contributed by atoms with Crippen LogP contribution in [0, 0.1) is 18.3 Å². The monoisotopic (exact) mass is 204 g/mol. The molecule has 1 rings (SSSR count). The summed E-state index contributed by atoms with van der Waals surface area (Å²) in [7, 11) is 0. The number of nitrogens with one attached hydrogen (secondary N) is 1. The number of anilines is 1. The molecule has 1 aromatic carbocycles. The normalized spacial score (nSPS) is 9.13. The highest BCUT2D eigenvalue weighted by Gasteiger charge is 2.05. The van der Waals surface area contributed by atoms with Crippen LogP contribution in [0.25, 0.3) is 0 Å². The van der Waals surface area contributed by atoms with Gasteiger partial charge in [0.15, 0.2) is 6.61 Å². The van der Waals surface area contributed by atoms with Gasteiger partial charge in [0.25, 0.3) is 0 Å². The lowest BCUT2D eigenvalue weighted by atomic mass is 10.2. The molecule has 78 valence electrons. The maximum absolute atomic E-state index is 10.9. The largest absolute Gasteiger partial charge is 0.477 e. The van der Waals surface area contributed by atoms with Crippen LogP contribution in [-0.2, 0) is 4.79 Å².